The molecule has 8 heteroatoms. The molecule has 1 aromatic carbocycles. The first kappa shape index (κ1) is 13.8. The van der Waals surface area contributed by atoms with E-state index in [9.17, 15) is 14.7 Å². The highest BCUT2D eigenvalue weighted by Gasteiger charge is 2.21. The summed E-state index contributed by atoms with van der Waals surface area (Å²) in [5, 5.41) is 26.3. The van der Waals surface area contributed by atoms with Crippen molar-refractivity contribution in [2.75, 3.05) is 6.54 Å². The smallest absolute Gasteiger partial charge is 0.322 e. The van der Waals surface area contributed by atoms with Crippen molar-refractivity contribution in [3.05, 3.63) is 35.8 Å². The first-order chi connectivity index (χ1) is 10.5. The van der Waals surface area contributed by atoms with Crippen molar-refractivity contribution >= 4 is 28.3 Å². The molecule has 0 saturated heterocycles. The van der Waals surface area contributed by atoms with E-state index in [1.54, 1.807) is 12.1 Å². The number of fused-ring (bicyclic) bond motifs is 3. The van der Waals surface area contributed by atoms with Crippen LogP contribution in [-0.2, 0) is 4.79 Å². The van der Waals surface area contributed by atoms with Crippen LogP contribution >= 0.6 is 0 Å². The summed E-state index contributed by atoms with van der Waals surface area (Å²) in [6.07, 6.45) is 1.27. The van der Waals surface area contributed by atoms with Crippen LogP contribution < -0.4 is 5.32 Å². The number of benzene rings is 1. The molecule has 0 aliphatic heterocycles. The number of carbonyl (C=O) groups is 2. The molecule has 1 amide bonds. The quantitative estimate of drug-likeness (QED) is 0.656. The molecule has 112 valence electrons. The van der Waals surface area contributed by atoms with E-state index in [4.69, 9.17) is 5.11 Å². The maximum atomic E-state index is 12.2. The minimum Gasteiger partial charge on any atom is -0.505 e. The first-order valence-electron chi connectivity index (χ1n) is 6.44. The van der Waals surface area contributed by atoms with Gasteiger partial charge in [0.15, 0.2) is 17.1 Å². The van der Waals surface area contributed by atoms with Crippen LogP contribution in [0, 0.1) is 6.92 Å². The Morgan fingerprint density at radius 2 is 2.09 bits per heavy atom. The molecule has 3 N–H and O–H groups in total. The molecule has 0 unspecified atom stereocenters. The van der Waals surface area contributed by atoms with Gasteiger partial charge in [0, 0.05) is 10.8 Å². The molecular weight excluding hydrogens is 288 g/mol. The number of nitrogens with zero attached hydrogens (tertiary/aromatic N) is 3. The van der Waals surface area contributed by atoms with Crippen molar-refractivity contribution in [3.8, 4) is 5.75 Å². The van der Waals surface area contributed by atoms with E-state index >= 15 is 0 Å². The van der Waals surface area contributed by atoms with Gasteiger partial charge in [-0.2, -0.15) is 5.10 Å². The summed E-state index contributed by atoms with van der Waals surface area (Å²) in [5.41, 5.74) is 1.24. The van der Waals surface area contributed by atoms with Crippen molar-refractivity contribution in [1.29, 1.82) is 0 Å². The van der Waals surface area contributed by atoms with E-state index in [0.717, 1.165) is 5.56 Å². The molecule has 3 rings (SSSR count). The summed E-state index contributed by atoms with van der Waals surface area (Å²) >= 11 is 0. The van der Waals surface area contributed by atoms with Gasteiger partial charge in [0.1, 0.15) is 12.9 Å². The standard InChI is InChI=1S/C14H12N4O4/c1-7-2-3-8-9(4-7)13-16-6-17-18(13)11(12(8)21)14(22)15-5-10(19)20/h2-4,6,21H,5H2,1H3,(H,15,22)(H,19,20). The van der Waals surface area contributed by atoms with Crippen molar-refractivity contribution in [3.63, 3.8) is 0 Å². The highest BCUT2D eigenvalue weighted by atomic mass is 16.4. The molecule has 8 nitrogen and oxygen atoms in total. The normalized spacial score (nSPS) is 11.0. The second kappa shape index (κ2) is 4.99. The van der Waals surface area contributed by atoms with Crippen LogP contribution in [0.15, 0.2) is 24.5 Å². The molecule has 0 fully saturated rings. The Balaban J connectivity index is 2.26. The zero-order valence-corrected chi connectivity index (χ0v) is 11.6. The van der Waals surface area contributed by atoms with Crippen LogP contribution in [0.3, 0.4) is 0 Å². The molecule has 0 bridgehead atoms. The lowest BCUT2D eigenvalue weighted by Crippen LogP contribution is -2.31. The third-order valence-electron chi connectivity index (χ3n) is 3.27. The van der Waals surface area contributed by atoms with E-state index in [1.807, 2.05) is 13.0 Å². The van der Waals surface area contributed by atoms with Gasteiger partial charge in [-0.25, -0.2) is 9.50 Å². The Bertz CT molecular complexity index is 916. The molecule has 22 heavy (non-hydrogen) atoms. The summed E-state index contributed by atoms with van der Waals surface area (Å²) in [4.78, 5) is 26.9. The van der Waals surface area contributed by atoms with Crippen molar-refractivity contribution in [1.82, 2.24) is 19.9 Å². The number of nitrogens with one attached hydrogen (secondary N) is 1. The van der Waals surface area contributed by atoms with Crippen molar-refractivity contribution < 1.29 is 19.8 Å². The van der Waals surface area contributed by atoms with E-state index in [2.05, 4.69) is 15.4 Å². The number of carboxylic acids is 1. The SMILES string of the molecule is Cc1ccc2c(O)c(C(=O)NCC(=O)O)n3ncnc3c2c1. The lowest BCUT2D eigenvalue weighted by atomic mass is 10.1. The number of carboxylic acid groups (broad SMARTS) is 1. The summed E-state index contributed by atoms with van der Waals surface area (Å²) in [6.45, 7) is 1.34. The minimum absolute atomic E-state index is 0.148. The van der Waals surface area contributed by atoms with Gasteiger partial charge < -0.3 is 15.5 Å². The van der Waals surface area contributed by atoms with Crippen LogP contribution in [-0.4, -0.2) is 43.2 Å². The number of hydrogen-bond donors (Lipinski definition) is 3. The van der Waals surface area contributed by atoms with Gasteiger partial charge in [-0.3, -0.25) is 9.59 Å². The van der Waals surface area contributed by atoms with Crippen molar-refractivity contribution in [2.45, 2.75) is 6.92 Å². The van der Waals surface area contributed by atoms with Crippen LogP contribution in [0.5, 0.6) is 5.75 Å². The lowest BCUT2D eigenvalue weighted by Gasteiger charge is -2.11. The number of pyridine rings is 1. The predicted octanol–water partition coefficient (Wildman–Crippen LogP) is 0.711. The Morgan fingerprint density at radius 3 is 2.82 bits per heavy atom. The zero-order valence-electron chi connectivity index (χ0n) is 11.6. The van der Waals surface area contributed by atoms with Crippen molar-refractivity contribution in [2.24, 2.45) is 0 Å². The number of rotatable bonds is 3. The largest absolute Gasteiger partial charge is 0.505 e. The monoisotopic (exact) mass is 300 g/mol. The fraction of sp³-hybridized carbons (Fsp3) is 0.143. The molecule has 0 saturated carbocycles. The Hall–Kier alpha value is -3.16. The van der Waals surface area contributed by atoms with Gasteiger partial charge in [0.2, 0.25) is 0 Å². The predicted molar refractivity (Wildman–Crippen MR) is 76.9 cm³/mol. The van der Waals surface area contributed by atoms with Gasteiger partial charge in [-0.05, 0) is 13.0 Å². The number of hydrogen-bond acceptors (Lipinski definition) is 5. The minimum atomic E-state index is -1.18. The summed E-state index contributed by atoms with van der Waals surface area (Å²) in [6, 6.07) is 5.31. The van der Waals surface area contributed by atoms with Gasteiger partial charge >= 0.3 is 5.97 Å². The van der Waals surface area contributed by atoms with Gasteiger partial charge in [-0.1, -0.05) is 17.7 Å². The van der Waals surface area contributed by atoms with Gasteiger partial charge in [0.05, 0.1) is 0 Å². The fourth-order valence-corrected chi connectivity index (χ4v) is 2.31. The van der Waals surface area contributed by atoms with E-state index in [1.165, 1.54) is 10.8 Å². The number of amides is 1. The summed E-state index contributed by atoms with van der Waals surface area (Å²) in [5.74, 6) is -2.19. The van der Waals surface area contributed by atoms with E-state index in [0.29, 0.717) is 16.4 Å². The second-order valence-corrected chi connectivity index (χ2v) is 4.82. The molecule has 0 aliphatic carbocycles. The number of aromatic hydroxyl groups is 1. The molecular formula is C14H12N4O4. The molecule has 0 atom stereocenters. The average molecular weight is 300 g/mol. The number of carbonyl (C=O) groups excluding carboxylic acids is 1. The molecule has 3 aromatic rings. The lowest BCUT2D eigenvalue weighted by molar-refractivity contribution is -0.135. The molecule has 0 radical (unpaired) electrons. The van der Waals surface area contributed by atoms with Crippen LogP contribution in [0.4, 0.5) is 0 Å². The highest BCUT2D eigenvalue weighted by molar-refractivity contribution is 6.07. The third kappa shape index (κ3) is 2.10. The van der Waals surface area contributed by atoms with E-state index in [-0.39, 0.29) is 11.4 Å². The summed E-state index contributed by atoms with van der Waals surface area (Å²) in [7, 11) is 0. The van der Waals surface area contributed by atoms with Gasteiger partial charge in [-0.15, -0.1) is 0 Å². The second-order valence-electron chi connectivity index (χ2n) is 4.82. The number of aryl methyl sites for hydroxylation is 1. The molecule has 0 aliphatic rings. The summed E-state index contributed by atoms with van der Waals surface area (Å²) < 4.78 is 1.20. The first-order valence-corrected chi connectivity index (χ1v) is 6.44. The third-order valence-corrected chi connectivity index (χ3v) is 3.27. The zero-order chi connectivity index (χ0) is 15.9. The average Bonchev–Trinajstić information content (AvgIpc) is 2.94. The van der Waals surface area contributed by atoms with E-state index < -0.39 is 18.4 Å². The molecule has 2 heterocycles. The highest BCUT2D eigenvalue weighted by Crippen LogP contribution is 2.31. The number of aliphatic carboxylic acids is 1. The van der Waals surface area contributed by atoms with Gasteiger partial charge in [0.25, 0.3) is 5.91 Å². The maximum absolute atomic E-state index is 12.2. The maximum Gasteiger partial charge on any atom is 0.322 e. The van der Waals surface area contributed by atoms with Crippen LogP contribution in [0.25, 0.3) is 16.4 Å². The van der Waals surface area contributed by atoms with Crippen LogP contribution in [0.1, 0.15) is 16.1 Å². The Kier molecular flexibility index (Phi) is 3.13. The van der Waals surface area contributed by atoms with Crippen LogP contribution in [0.2, 0.25) is 0 Å². The Morgan fingerprint density at radius 1 is 1.32 bits per heavy atom. The molecule has 2 aromatic heterocycles. The fourth-order valence-electron chi connectivity index (χ4n) is 2.31. The number of aromatic nitrogens is 3. The molecule has 0 spiro atoms. The Labute approximate surface area is 124 Å². The topological polar surface area (TPSA) is 117 Å².